The molecule has 1 atom stereocenters. The largest absolute Gasteiger partial charge is 0.478 e. The number of benzene rings is 1. The number of thiophene rings is 1. The van der Waals surface area contributed by atoms with Crippen LogP contribution >= 0.6 is 11.3 Å². The molecule has 0 bridgehead atoms. The molecule has 0 aliphatic carbocycles. The average molecular weight is 304 g/mol. The highest BCUT2D eigenvalue weighted by Crippen LogP contribution is 2.20. The lowest BCUT2D eigenvalue weighted by Crippen LogP contribution is -2.31. The Balaban J connectivity index is 2.10. The Labute approximate surface area is 128 Å². The standard InChI is InChI=1S/C16H20N2O2S/c1-11(9-13-6-4-8-21-13)18(2)10-12-5-3-7-14(17)15(12)16(19)20/h3-8,11H,9-10,17H2,1-2H3,(H,19,20). The van der Waals surface area contributed by atoms with E-state index in [1.807, 2.05) is 19.2 Å². The fourth-order valence-electron chi connectivity index (χ4n) is 2.31. The number of carbonyl (C=O) groups is 1. The molecule has 1 aromatic carbocycles. The van der Waals surface area contributed by atoms with Gasteiger partial charge in [-0.3, -0.25) is 4.90 Å². The van der Waals surface area contributed by atoms with Gasteiger partial charge >= 0.3 is 5.97 Å². The molecule has 5 heteroatoms. The van der Waals surface area contributed by atoms with Crippen LogP contribution < -0.4 is 5.73 Å². The first-order valence-electron chi connectivity index (χ1n) is 6.82. The van der Waals surface area contributed by atoms with Crippen LogP contribution in [-0.4, -0.2) is 29.1 Å². The second-order valence-corrected chi connectivity index (χ2v) is 6.27. The number of anilines is 1. The van der Waals surface area contributed by atoms with Gasteiger partial charge in [0.2, 0.25) is 0 Å². The van der Waals surface area contributed by atoms with Crippen molar-refractivity contribution in [2.24, 2.45) is 0 Å². The molecule has 0 amide bonds. The number of hydrogen-bond donors (Lipinski definition) is 2. The zero-order valence-corrected chi connectivity index (χ0v) is 13.1. The van der Waals surface area contributed by atoms with E-state index in [2.05, 4.69) is 23.3 Å². The highest BCUT2D eigenvalue weighted by atomic mass is 32.1. The van der Waals surface area contributed by atoms with Gasteiger partial charge in [0.25, 0.3) is 0 Å². The lowest BCUT2D eigenvalue weighted by atomic mass is 10.0. The smallest absolute Gasteiger partial charge is 0.338 e. The molecule has 0 spiro atoms. The minimum atomic E-state index is -0.970. The maximum atomic E-state index is 11.4. The number of carboxylic acids is 1. The van der Waals surface area contributed by atoms with Crippen molar-refractivity contribution in [3.8, 4) is 0 Å². The van der Waals surface area contributed by atoms with Crippen LogP contribution in [-0.2, 0) is 13.0 Å². The maximum Gasteiger partial charge on any atom is 0.338 e. The Kier molecular flexibility index (Phi) is 4.98. The third kappa shape index (κ3) is 3.83. The lowest BCUT2D eigenvalue weighted by molar-refractivity contribution is 0.0695. The fourth-order valence-corrected chi connectivity index (χ4v) is 3.14. The van der Waals surface area contributed by atoms with E-state index in [9.17, 15) is 9.90 Å². The van der Waals surface area contributed by atoms with Crippen LogP contribution in [0.15, 0.2) is 35.7 Å². The Morgan fingerprint density at radius 3 is 2.76 bits per heavy atom. The fraction of sp³-hybridized carbons (Fsp3) is 0.312. The summed E-state index contributed by atoms with van der Waals surface area (Å²) in [6, 6.07) is 9.75. The van der Waals surface area contributed by atoms with E-state index in [0.29, 0.717) is 18.3 Å². The molecule has 4 nitrogen and oxygen atoms in total. The SMILES string of the molecule is CC(Cc1cccs1)N(C)Cc1cccc(N)c1C(=O)O. The first-order valence-corrected chi connectivity index (χ1v) is 7.70. The quantitative estimate of drug-likeness (QED) is 0.805. The molecule has 2 aromatic rings. The molecule has 0 saturated carbocycles. The predicted molar refractivity (Wildman–Crippen MR) is 86.8 cm³/mol. The molecule has 0 fully saturated rings. The summed E-state index contributed by atoms with van der Waals surface area (Å²) in [7, 11) is 2.01. The average Bonchev–Trinajstić information content (AvgIpc) is 2.91. The van der Waals surface area contributed by atoms with E-state index in [1.54, 1.807) is 23.5 Å². The van der Waals surface area contributed by atoms with Crippen molar-refractivity contribution >= 4 is 23.0 Å². The monoisotopic (exact) mass is 304 g/mol. The third-order valence-corrected chi connectivity index (χ3v) is 4.54. The molecule has 0 aliphatic rings. The minimum absolute atomic E-state index is 0.215. The molecular weight excluding hydrogens is 284 g/mol. The third-order valence-electron chi connectivity index (χ3n) is 3.65. The Morgan fingerprint density at radius 1 is 1.38 bits per heavy atom. The van der Waals surface area contributed by atoms with Gasteiger partial charge in [-0.05, 0) is 43.5 Å². The normalized spacial score (nSPS) is 12.5. The lowest BCUT2D eigenvalue weighted by Gasteiger charge is -2.25. The van der Waals surface area contributed by atoms with E-state index >= 15 is 0 Å². The summed E-state index contributed by atoms with van der Waals surface area (Å²) in [6.07, 6.45) is 0.957. The van der Waals surface area contributed by atoms with Crippen molar-refractivity contribution in [3.05, 3.63) is 51.7 Å². The zero-order valence-electron chi connectivity index (χ0n) is 12.2. The summed E-state index contributed by atoms with van der Waals surface area (Å²) in [5.41, 5.74) is 7.07. The first kappa shape index (κ1) is 15.5. The topological polar surface area (TPSA) is 66.6 Å². The first-order chi connectivity index (χ1) is 9.99. The molecule has 112 valence electrons. The van der Waals surface area contributed by atoms with Crippen molar-refractivity contribution in [2.75, 3.05) is 12.8 Å². The highest BCUT2D eigenvalue weighted by molar-refractivity contribution is 7.09. The van der Waals surface area contributed by atoms with E-state index in [0.717, 1.165) is 12.0 Å². The number of aromatic carboxylic acids is 1. The van der Waals surface area contributed by atoms with Gasteiger partial charge in [-0.25, -0.2) is 4.79 Å². The molecule has 0 radical (unpaired) electrons. The number of carboxylic acid groups (broad SMARTS) is 1. The van der Waals surface area contributed by atoms with E-state index < -0.39 is 5.97 Å². The summed E-state index contributed by atoms with van der Waals surface area (Å²) in [4.78, 5) is 14.8. The van der Waals surface area contributed by atoms with Crippen molar-refractivity contribution in [3.63, 3.8) is 0 Å². The number of nitrogen functional groups attached to an aromatic ring is 1. The summed E-state index contributed by atoms with van der Waals surface area (Å²) in [6.45, 7) is 2.71. The molecule has 1 aromatic heterocycles. The summed E-state index contributed by atoms with van der Waals surface area (Å²) >= 11 is 1.74. The van der Waals surface area contributed by atoms with E-state index in [1.165, 1.54) is 4.88 Å². The molecule has 1 unspecified atom stereocenters. The number of hydrogen-bond acceptors (Lipinski definition) is 4. The second kappa shape index (κ2) is 6.74. The van der Waals surface area contributed by atoms with Gasteiger partial charge in [0, 0.05) is 23.2 Å². The molecule has 0 aliphatic heterocycles. The van der Waals surface area contributed by atoms with Crippen LogP contribution in [0, 0.1) is 0 Å². The zero-order chi connectivity index (χ0) is 15.4. The van der Waals surface area contributed by atoms with Gasteiger partial charge in [0.05, 0.1) is 5.56 Å². The van der Waals surface area contributed by atoms with Crippen molar-refractivity contribution in [1.82, 2.24) is 4.90 Å². The minimum Gasteiger partial charge on any atom is -0.478 e. The molecule has 0 saturated heterocycles. The molecular formula is C16H20N2O2S. The Bertz CT molecular complexity index is 611. The van der Waals surface area contributed by atoms with Gasteiger partial charge < -0.3 is 10.8 Å². The molecule has 21 heavy (non-hydrogen) atoms. The highest BCUT2D eigenvalue weighted by Gasteiger charge is 2.17. The molecule has 1 heterocycles. The van der Waals surface area contributed by atoms with Crippen molar-refractivity contribution in [1.29, 1.82) is 0 Å². The molecule has 3 N–H and O–H groups in total. The number of likely N-dealkylation sites (N-methyl/N-ethyl adjacent to an activating group) is 1. The van der Waals surface area contributed by atoms with Gasteiger partial charge in [0.1, 0.15) is 0 Å². The molecule has 2 rings (SSSR count). The summed E-state index contributed by atoms with van der Waals surface area (Å²) in [5, 5.41) is 11.4. The predicted octanol–water partition coefficient (Wildman–Crippen LogP) is 3.09. The van der Waals surface area contributed by atoms with Crippen LogP contribution in [0.2, 0.25) is 0 Å². The maximum absolute atomic E-state index is 11.4. The van der Waals surface area contributed by atoms with Crippen LogP contribution in [0.3, 0.4) is 0 Å². The number of nitrogens with two attached hydrogens (primary N) is 1. The Morgan fingerprint density at radius 2 is 2.14 bits per heavy atom. The van der Waals surface area contributed by atoms with Gasteiger partial charge in [-0.1, -0.05) is 18.2 Å². The van der Waals surface area contributed by atoms with Crippen molar-refractivity contribution < 1.29 is 9.90 Å². The summed E-state index contributed by atoms with van der Waals surface area (Å²) in [5.74, 6) is -0.970. The number of rotatable bonds is 6. The van der Waals surface area contributed by atoms with Crippen LogP contribution in [0.25, 0.3) is 0 Å². The van der Waals surface area contributed by atoms with Crippen molar-refractivity contribution in [2.45, 2.75) is 25.9 Å². The Hall–Kier alpha value is -1.85. The van der Waals surface area contributed by atoms with Gasteiger partial charge in [-0.15, -0.1) is 11.3 Å². The summed E-state index contributed by atoms with van der Waals surface area (Å²) < 4.78 is 0. The number of nitrogens with zero attached hydrogens (tertiary/aromatic N) is 1. The van der Waals surface area contributed by atoms with E-state index in [-0.39, 0.29) is 5.56 Å². The van der Waals surface area contributed by atoms with Gasteiger partial charge in [0.15, 0.2) is 0 Å². The van der Waals surface area contributed by atoms with Crippen LogP contribution in [0.5, 0.6) is 0 Å². The van der Waals surface area contributed by atoms with Gasteiger partial charge in [-0.2, -0.15) is 0 Å². The second-order valence-electron chi connectivity index (χ2n) is 5.23. The van der Waals surface area contributed by atoms with E-state index in [4.69, 9.17) is 5.73 Å². The van der Waals surface area contributed by atoms with Crippen LogP contribution in [0.1, 0.15) is 27.7 Å². The van der Waals surface area contributed by atoms with Crippen LogP contribution in [0.4, 0.5) is 5.69 Å².